The van der Waals surface area contributed by atoms with Crippen LogP contribution in [-0.4, -0.2) is 27.5 Å². The summed E-state index contributed by atoms with van der Waals surface area (Å²) in [5, 5.41) is 12.0. The minimum atomic E-state index is -1.10. The molecule has 0 saturated heterocycles. The van der Waals surface area contributed by atoms with Gasteiger partial charge in [-0.15, -0.1) is 0 Å². The average Bonchev–Trinajstić information content (AvgIpc) is 2.18. The van der Waals surface area contributed by atoms with Gasteiger partial charge in [-0.1, -0.05) is 0 Å². The number of rotatable bonds is 5. The monoisotopic (exact) mass is 315 g/mol. The molecule has 0 saturated carbocycles. The Morgan fingerprint density at radius 3 is 2.67 bits per heavy atom. The van der Waals surface area contributed by atoms with E-state index >= 15 is 0 Å². The largest absolute Gasteiger partial charge is 0.478 e. The molecule has 1 aromatic rings. The topological polar surface area (TPSA) is 105 Å². The molecule has 0 bridgehead atoms. The van der Waals surface area contributed by atoms with Crippen molar-refractivity contribution in [3.8, 4) is 0 Å². The standard InChI is InChI=1S/C11H14BrN3O3/c1-11(2,4-8(13)16)15-9-7(10(17)18)3-6(12)5-14-9/h3,5H,4H2,1-2H3,(H2,13,16)(H,14,15)(H,17,18). The molecule has 0 fully saturated rings. The lowest BCUT2D eigenvalue weighted by atomic mass is 10.00. The Balaban J connectivity index is 3.03. The molecule has 0 atom stereocenters. The van der Waals surface area contributed by atoms with Crippen molar-refractivity contribution in [3.05, 3.63) is 22.3 Å². The number of nitrogens with zero attached hydrogens (tertiary/aromatic N) is 1. The van der Waals surface area contributed by atoms with Crippen LogP contribution in [0.2, 0.25) is 0 Å². The number of carbonyl (C=O) groups is 2. The van der Waals surface area contributed by atoms with E-state index in [1.54, 1.807) is 13.8 Å². The van der Waals surface area contributed by atoms with E-state index in [4.69, 9.17) is 10.8 Å². The lowest BCUT2D eigenvalue weighted by Gasteiger charge is -2.26. The molecule has 1 amide bonds. The van der Waals surface area contributed by atoms with Crippen LogP contribution in [0.1, 0.15) is 30.6 Å². The van der Waals surface area contributed by atoms with Crippen LogP contribution in [0.15, 0.2) is 16.7 Å². The molecule has 0 aliphatic carbocycles. The molecule has 7 heteroatoms. The fourth-order valence-corrected chi connectivity index (χ4v) is 1.83. The molecule has 6 nitrogen and oxygen atoms in total. The van der Waals surface area contributed by atoms with Crippen molar-refractivity contribution < 1.29 is 14.7 Å². The highest BCUT2D eigenvalue weighted by molar-refractivity contribution is 9.10. The number of hydrogen-bond acceptors (Lipinski definition) is 4. The fraction of sp³-hybridized carbons (Fsp3) is 0.364. The number of carboxylic acids is 1. The first kappa shape index (κ1) is 14.4. The SMILES string of the molecule is CC(C)(CC(N)=O)Nc1ncc(Br)cc1C(=O)O. The number of carboxylic acid groups (broad SMARTS) is 1. The Morgan fingerprint density at radius 1 is 1.56 bits per heavy atom. The number of aromatic carboxylic acids is 1. The quantitative estimate of drug-likeness (QED) is 0.765. The zero-order valence-corrected chi connectivity index (χ0v) is 11.6. The van der Waals surface area contributed by atoms with Gasteiger partial charge in [0.2, 0.25) is 5.91 Å². The molecule has 0 aromatic carbocycles. The van der Waals surface area contributed by atoms with Crippen molar-refractivity contribution in [1.29, 1.82) is 0 Å². The van der Waals surface area contributed by atoms with Crippen molar-refractivity contribution in [2.45, 2.75) is 25.8 Å². The summed E-state index contributed by atoms with van der Waals surface area (Å²) in [5.74, 6) is -1.36. The number of pyridine rings is 1. The van der Waals surface area contributed by atoms with Gasteiger partial charge < -0.3 is 16.2 Å². The Bertz CT molecular complexity index is 488. The van der Waals surface area contributed by atoms with Crippen molar-refractivity contribution >= 4 is 33.6 Å². The molecular formula is C11H14BrN3O3. The molecular weight excluding hydrogens is 302 g/mol. The zero-order chi connectivity index (χ0) is 13.9. The lowest BCUT2D eigenvalue weighted by molar-refractivity contribution is -0.118. The number of halogens is 1. The molecule has 1 heterocycles. The Morgan fingerprint density at radius 2 is 2.17 bits per heavy atom. The molecule has 1 aromatic heterocycles. The molecule has 4 N–H and O–H groups in total. The van der Waals surface area contributed by atoms with Gasteiger partial charge >= 0.3 is 5.97 Å². The summed E-state index contributed by atoms with van der Waals surface area (Å²) in [6.07, 6.45) is 1.55. The minimum absolute atomic E-state index is 0.0296. The first-order valence-corrected chi connectivity index (χ1v) is 5.96. The molecule has 18 heavy (non-hydrogen) atoms. The molecule has 0 aliphatic rings. The van der Waals surface area contributed by atoms with Gasteiger partial charge in [0.1, 0.15) is 11.4 Å². The van der Waals surface area contributed by atoms with Crippen LogP contribution in [0, 0.1) is 0 Å². The highest BCUT2D eigenvalue weighted by Crippen LogP contribution is 2.22. The van der Waals surface area contributed by atoms with Crippen LogP contribution < -0.4 is 11.1 Å². The molecule has 98 valence electrons. The maximum Gasteiger partial charge on any atom is 0.339 e. The van der Waals surface area contributed by atoms with Crippen molar-refractivity contribution in [2.24, 2.45) is 5.73 Å². The Kier molecular flexibility index (Phi) is 4.28. The van der Waals surface area contributed by atoms with E-state index in [1.807, 2.05) is 0 Å². The highest BCUT2D eigenvalue weighted by atomic mass is 79.9. The van der Waals surface area contributed by atoms with Gasteiger partial charge in [-0.05, 0) is 35.8 Å². The van der Waals surface area contributed by atoms with Crippen molar-refractivity contribution in [2.75, 3.05) is 5.32 Å². The lowest BCUT2D eigenvalue weighted by Crippen LogP contribution is -2.36. The summed E-state index contributed by atoms with van der Waals surface area (Å²) >= 11 is 3.16. The first-order chi connectivity index (χ1) is 8.21. The normalized spacial score (nSPS) is 11.1. The van der Waals surface area contributed by atoms with Crippen LogP contribution in [0.5, 0.6) is 0 Å². The van der Waals surface area contributed by atoms with Crippen LogP contribution in [0.25, 0.3) is 0 Å². The van der Waals surface area contributed by atoms with E-state index in [9.17, 15) is 9.59 Å². The Labute approximate surface area is 113 Å². The number of carbonyl (C=O) groups excluding carboxylic acids is 1. The minimum Gasteiger partial charge on any atom is -0.478 e. The Hall–Kier alpha value is -1.63. The number of hydrogen-bond donors (Lipinski definition) is 3. The average molecular weight is 316 g/mol. The number of nitrogens with two attached hydrogens (primary N) is 1. The van der Waals surface area contributed by atoms with Crippen LogP contribution in [0.3, 0.4) is 0 Å². The predicted octanol–water partition coefficient (Wildman–Crippen LogP) is 1.61. The summed E-state index contributed by atoms with van der Waals surface area (Å²) < 4.78 is 0.568. The number of aromatic nitrogens is 1. The molecule has 0 unspecified atom stereocenters. The second kappa shape index (κ2) is 5.34. The summed E-state index contributed by atoms with van der Waals surface area (Å²) in [6, 6.07) is 1.44. The van der Waals surface area contributed by atoms with Crippen LogP contribution in [-0.2, 0) is 4.79 Å². The third-order valence-corrected chi connectivity index (χ3v) is 2.59. The van der Waals surface area contributed by atoms with E-state index in [1.165, 1.54) is 12.3 Å². The van der Waals surface area contributed by atoms with Gasteiger partial charge in [0.25, 0.3) is 0 Å². The smallest absolute Gasteiger partial charge is 0.339 e. The van der Waals surface area contributed by atoms with Gasteiger partial charge in [-0.25, -0.2) is 9.78 Å². The number of nitrogens with one attached hydrogen (secondary N) is 1. The van der Waals surface area contributed by atoms with E-state index in [-0.39, 0.29) is 17.8 Å². The summed E-state index contributed by atoms with van der Waals surface area (Å²) in [4.78, 5) is 26.0. The van der Waals surface area contributed by atoms with E-state index < -0.39 is 17.4 Å². The first-order valence-electron chi connectivity index (χ1n) is 5.16. The van der Waals surface area contributed by atoms with Crippen LogP contribution in [0.4, 0.5) is 5.82 Å². The second-order valence-corrected chi connectivity index (χ2v) is 5.42. The fourth-order valence-electron chi connectivity index (χ4n) is 1.50. The van der Waals surface area contributed by atoms with Crippen molar-refractivity contribution in [1.82, 2.24) is 4.98 Å². The van der Waals surface area contributed by atoms with Gasteiger partial charge in [-0.2, -0.15) is 0 Å². The number of anilines is 1. The van der Waals surface area contributed by atoms with Crippen molar-refractivity contribution in [3.63, 3.8) is 0 Å². The zero-order valence-electron chi connectivity index (χ0n) is 10.0. The maximum atomic E-state index is 11.1. The van der Waals surface area contributed by atoms with E-state index in [2.05, 4.69) is 26.2 Å². The molecule has 0 radical (unpaired) electrons. The van der Waals surface area contributed by atoms with Crippen LogP contribution >= 0.6 is 15.9 Å². The highest BCUT2D eigenvalue weighted by Gasteiger charge is 2.23. The van der Waals surface area contributed by atoms with Gasteiger partial charge in [0.05, 0.1) is 0 Å². The third kappa shape index (κ3) is 3.99. The predicted molar refractivity (Wildman–Crippen MR) is 70.4 cm³/mol. The van der Waals surface area contributed by atoms with E-state index in [0.29, 0.717) is 4.47 Å². The summed E-state index contributed by atoms with van der Waals surface area (Å²) in [6.45, 7) is 3.49. The van der Waals surface area contributed by atoms with Gasteiger partial charge in [-0.3, -0.25) is 4.79 Å². The number of primary amides is 1. The molecule has 1 rings (SSSR count). The summed E-state index contributed by atoms with van der Waals surface area (Å²) in [7, 11) is 0. The van der Waals surface area contributed by atoms with E-state index in [0.717, 1.165) is 0 Å². The summed E-state index contributed by atoms with van der Waals surface area (Å²) in [5.41, 5.74) is 4.49. The number of amides is 1. The molecule has 0 aliphatic heterocycles. The van der Waals surface area contributed by atoms with Gasteiger partial charge in [0, 0.05) is 22.6 Å². The third-order valence-electron chi connectivity index (χ3n) is 2.16. The maximum absolute atomic E-state index is 11.1. The molecule has 0 spiro atoms. The van der Waals surface area contributed by atoms with Gasteiger partial charge in [0.15, 0.2) is 0 Å². The second-order valence-electron chi connectivity index (χ2n) is 4.51.